The van der Waals surface area contributed by atoms with Crippen LogP contribution in [0.3, 0.4) is 0 Å². The molecule has 0 atom stereocenters. The zero-order valence-electron chi connectivity index (χ0n) is 36.0. The molecule has 0 amide bonds. The second kappa shape index (κ2) is 15.5. The van der Waals surface area contributed by atoms with Crippen LogP contribution in [0.4, 0.5) is 17.1 Å². The highest BCUT2D eigenvalue weighted by Crippen LogP contribution is 2.51. The summed E-state index contributed by atoms with van der Waals surface area (Å²) in [4.78, 5) is 2.49. The third kappa shape index (κ3) is 6.11. The van der Waals surface area contributed by atoms with E-state index >= 15 is 0 Å². The highest BCUT2D eigenvalue weighted by atomic mass is 16.3. The first kappa shape index (κ1) is 37.8. The molecule has 1 heterocycles. The Morgan fingerprint density at radius 1 is 0.258 bits per heavy atom. The van der Waals surface area contributed by atoms with E-state index in [1.165, 1.54) is 54.2 Å². The third-order valence-electron chi connectivity index (χ3n) is 13.5. The van der Waals surface area contributed by atoms with E-state index in [9.17, 15) is 0 Å². The number of para-hydroxylation sites is 3. The molecule has 0 radical (unpaired) electrons. The van der Waals surface area contributed by atoms with Gasteiger partial charge in [0.1, 0.15) is 11.2 Å². The fourth-order valence-electron chi connectivity index (χ4n) is 10.5. The quantitative estimate of drug-likeness (QED) is 0.149. The van der Waals surface area contributed by atoms with E-state index in [1.54, 1.807) is 0 Å². The molecule has 0 unspecified atom stereocenters. The van der Waals surface area contributed by atoms with Crippen molar-refractivity contribution in [3.05, 3.63) is 249 Å². The lowest BCUT2D eigenvalue weighted by Crippen LogP contribution is -2.13. The van der Waals surface area contributed by atoms with Gasteiger partial charge in [0.15, 0.2) is 0 Å². The van der Waals surface area contributed by atoms with E-state index < -0.39 is 0 Å². The molecule has 13 rings (SSSR count). The molecule has 12 aromatic carbocycles. The lowest BCUT2D eigenvalue weighted by molar-refractivity contribution is 0.670. The largest absolute Gasteiger partial charge is 0.455 e. The molecule has 0 bridgehead atoms. The van der Waals surface area contributed by atoms with Crippen molar-refractivity contribution in [3.8, 4) is 44.5 Å². The van der Waals surface area contributed by atoms with E-state index in [-0.39, 0.29) is 0 Å². The minimum Gasteiger partial charge on any atom is -0.455 e. The van der Waals surface area contributed by atoms with Gasteiger partial charge < -0.3 is 9.32 Å². The molecule has 0 saturated carbocycles. The smallest absolute Gasteiger partial charge is 0.145 e. The summed E-state index contributed by atoms with van der Waals surface area (Å²) in [6.07, 6.45) is 0. The number of hydrogen-bond acceptors (Lipinski definition) is 2. The topological polar surface area (TPSA) is 16.4 Å². The van der Waals surface area contributed by atoms with Crippen LogP contribution in [0.2, 0.25) is 0 Å². The van der Waals surface area contributed by atoms with Gasteiger partial charge in [-0.05, 0) is 113 Å². The van der Waals surface area contributed by atoms with Crippen molar-refractivity contribution in [3.63, 3.8) is 0 Å². The number of rotatable bonds is 7. The van der Waals surface area contributed by atoms with Gasteiger partial charge >= 0.3 is 0 Å². The standard InChI is InChI=1S/C64H41NO/c1-2-18-42(19-3-1)44-22-16-23-45(40-44)48-25-10-13-33-59(48)65(61-39-38-56(50-32-17-21-43-20-4-5-24-47(43)50)64-63(61)57-31-12-15-35-62(57)66-64)60-34-14-11-26-49(60)46-36-37-55-53-29-7-6-27-51(53)52-28-8-9-30-54(52)58(55)41-46/h1-41H. The van der Waals surface area contributed by atoms with E-state index in [1.807, 2.05) is 0 Å². The summed E-state index contributed by atoms with van der Waals surface area (Å²) in [6.45, 7) is 0. The lowest BCUT2D eigenvalue weighted by Gasteiger charge is -2.31. The molecule has 0 N–H and O–H groups in total. The molecule has 0 aliphatic rings. The number of nitrogens with zero attached hydrogens (tertiary/aromatic N) is 1. The summed E-state index contributed by atoms with van der Waals surface area (Å²) in [6, 6.07) is 90.2. The summed E-state index contributed by atoms with van der Waals surface area (Å²) in [7, 11) is 0. The van der Waals surface area contributed by atoms with Crippen LogP contribution < -0.4 is 4.90 Å². The highest BCUT2D eigenvalue weighted by Gasteiger charge is 2.26. The highest BCUT2D eigenvalue weighted by molar-refractivity contribution is 6.26. The number of furan rings is 1. The van der Waals surface area contributed by atoms with Crippen LogP contribution in [0.5, 0.6) is 0 Å². The average Bonchev–Trinajstić information content (AvgIpc) is 3.79. The predicted octanol–water partition coefficient (Wildman–Crippen LogP) is 18.3. The maximum absolute atomic E-state index is 7.04. The molecule has 0 saturated heterocycles. The van der Waals surface area contributed by atoms with Crippen LogP contribution in [-0.2, 0) is 0 Å². The van der Waals surface area contributed by atoms with Crippen LogP contribution in [0.25, 0.3) is 110 Å². The lowest BCUT2D eigenvalue weighted by atomic mass is 9.91. The van der Waals surface area contributed by atoms with Gasteiger partial charge in [0.25, 0.3) is 0 Å². The van der Waals surface area contributed by atoms with Crippen LogP contribution in [0.1, 0.15) is 0 Å². The van der Waals surface area contributed by atoms with Crippen molar-refractivity contribution >= 4 is 82.1 Å². The van der Waals surface area contributed by atoms with E-state index in [0.29, 0.717) is 0 Å². The molecule has 308 valence electrons. The fourth-order valence-corrected chi connectivity index (χ4v) is 10.5. The molecule has 2 heteroatoms. The summed E-state index contributed by atoms with van der Waals surface area (Å²) >= 11 is 0. The molecule has 2 nitrogen and oxygen atoms in total. The van der Waals surface area contributed by atoms with Gasteiger partial charge in [0, 0.05) is 22.1 Å². The van der Waals surface area contributed by atoms with Crippen molar-refractivity contribution < 1.29 is 4.42 Å². The zero-order valence-corrected chi connectivity index (χ0v) is 36.0. The Bertz CT molecular complexity index is 3970. The van der Waals surface area contributed by atoms with Crippen molar-refractivity contribution in [1.29, 1.82) is 0 Å². The van der Waals surface area contributed by atoms with Gasteiger partial charge in [0.05, 0.1) is 22.4 Å². The van der Waals surface area contributed by atoms with Gasteiger partial charge in [0.2, 0.25) is 0 Å². The maximum Gasteiger partial charge on any atom is 0.145 e. The molecular weight excluding hydrogens is 799 g/mol. The van der Waals surface area contributed by atoms with Gasteiger partial charge in [-0.3, -0.25) is 0 Å². The monoisotopic (exact) mass is 839 g/mol. The van der Waals surface area contributed by atoms with Gasteiger partial charge in [-0.25, -0.2) is 0 Å². The predicted molar refractivity (Wildman–Crippen MR) is 280 cm³/mol. The van der Waals surface area contributed by atoms with E-state index in [0.717, 1.165) is 72.4 Å². The molecule has 66 heavy (non-hydrogen) atoms. The van der Waals surface area contributed by atoms with Crippen LogP contribution in [0.15, 0.2) is 253 Å². The maximum atomic E-state index is 7.04. The summed E-state index contributed by atoms with van der Waals surface area (Å²) in [5.41, 5.74) is 14.0. The second-order valence-electron chi connectivity index (χ2n) is 17.1. The Kier molecular flexibility index (Phi) is 8.89. The Morgan fingerprint density at radius 3 is 1.48 bits per heavy atom. The van der Waals surface area contributed by atoms with Crippen molar-refractivity contribution in [2.24, 2.45) is 0 Å². The molecule has 0 spiro atoms. The third-order valence-corrected chi connectivity index (χ3v) is 13.5. The van der Waals surface area contributed by atoms with E-state index in [2.05, 4.69) is 254 Å². The SMILES string of the molecule is c1ccc(-c2cccc(-c3ccccc3N(c3ccccc3-c3ccc4c5ccccc5c5ccccc5c4c3)c3ccc(-c4cccc5ccccc45)c4oc5ccccc5c34)c2)cc1. The fraction of sp³-hybridized carbons (Fsp3) is 0. The van der Waals surface area contributed by atoms with Crippen molar-refractivity contribution in [1.82, 2.24) is 0 Å². The molecule has 0 aliphatic carbocycles. The first-order valence-electron chi connectivity index (χ1n) is 22.7. The van der Waals surface area contributed by atoms with Gasteiger partial charge in [-0.2, -0.15) is 0 Å². The minimum atomic E-state index is 0.854. The number of hydrogen-bond donors (Lipinski definition) is 0. The van der Waals surface area contributed by atoms with Crippen LogP contribution in [-0.4, -0.2) is 0 Å². The minimum absolute atomic E-state index is 0.854. The summed E-state index contributed by atoms with van der Waals surface area (Å²) < 4.78 is 7.04. The Hall–Kier alpha value is -8.72. The molecular formula is C64H41NO. The Morgan fingerprint density at radius 2 is 0.758 bits per heavy atom. The summed E-state index contributed by atoms with van der Waals surface area (Å²) in [5.74, 6) is 0. The normalized spacial score (nSPS) is 11.6. The van der Waals surface area contributed by atoms with Crippen LogP contribution in [0, 0.1) is 0 Å². The molecule has 0 fully saturated rings. The second-order valence-corrected chi connectivity index (χ2v) is 17.1. The molecule has 0 aliphatic heterocycles. The number of anilines is 3. The summed E-state index contributed by atoms with van der Waals surface area (Å²) in [5, 5.41) is 12.1. The van der Waals surface area contributed by atoms with Crippen LogP contribution >= 0.6 is 0 Å². The van der Waals surface area contributed by atoms with E-state index in [4.69, 9.17) is 4.42 Å². The first-order valence-corrected chi connectivity index (χ1v) is 22.7. The average molecular weight is 840 g/mol. The van der Waals surface area contributed by atoms with Crippen molar-refractivity contribution in [2.75, 3.05) is 4.90 Å². The van der Waals surface area contributed by atoms with Gasteiger partial charge in [-0.15, -0.1) is 0 Å². The molecule has 13 aromatic rings. The number of benzene rings is 12. The Labute approximate surface area is 382 Å². The number of fused-ring (bicyclic) bond motifs is 10. The van der Waals surface area contributed by atoms with Gasteiger partial charge in [-0.1, -0.05) is 206 Å². The molecule has 1 aromatic heterocycles. The zero-order chi connectivity index (χ0) is 43.6. The van der Waals surface area contributed by atoms with Crippen molar-refractivity contribution in [2.45, 2.75) is 0 Å². The Balaban J connectivity index is 1.11. The first-order chi connectivity index (χ1) is 32.8.